The lowest BCUT2D eigenvalue weighted by Crippen LogP contribution is -2.07. The summed E-state index contributed by atoms with van der Waals surface area (Å²) in [6, 6.07) is 1.89. The molecule has 0 amide bonds. The van der Waals surface area contributed by atoms with Gasteiger partial charge < -0.3 is 10.8 Å². The van der Waals surface area contributed by atoms with E-state index in [0.717, 1.165) is 18.5 Å². The Morgan fingerprint density at radius 3 is 2.86 bits per heavy atom. The number of nitrogens with zero attached hydrogens (tertiary/aromatic N) is 2. The van der Waals surface area contributed by atoms with Gasteiger partial charge in [-0.3, -0.25) is 0 Å². The third-order valence-electron chi connectivity index (χ3n) is 2.15. The molecule has 0 saturated carbocycles. The molecule has 0 fully saturated rings. The lowest BCUT2D eigenvalue weighted by molar-refractivity contribution is 0.270. The van der Waals surface area contributed by atoms with Crippen LogP contribution < -0.4 is 5.73 Å². The molecule has 0 aliphatic carbocycles. The van der Waals surface area contributed by atoms with Gasteiger partial charge in [0.1, 0.15) is 5.82 Å². The van der Waals surface area contributed by atoms with Crippen LogP contribution in [0, 0.1) is 5.92 Å². The molecule has 0 unspecified atom stereocenters. The first-order valence-corrected chi connectivity index (χ1v) is 5.06. The second-order valence-electron chi connectivity index (χ2n) is 3.94. The molecule has 14 heavy (non-hydrogen) atoms. The molecule has 0 spiro atoms. The first-order valence-electron chi connectivity index (χ1n) is 5.06. The number of aryl methyl sites for hydroxylation is 1. The number of nitrogen functional groups attached to an aromatic ring is 1. The van der Waals surface area contributed by atoms with Crippen LogP contribution in [-0.2, 0) is 13.0 Å². The number of aliphatic hydroxyl groups excluding tert-OH is 1. The Morgan fingerprint density at radius 1 is 1.57 bits per heavy atom. The number of nitrogens with two attached hydrogens (primary N) is 1. The fraction of sp³-hybridized carbons (Fsp3) is 0.700. The largest absolute Gasteiger partial charge is 0.394 e. The topological polar surface area (TPSA) is 64.1 Å². The summed E-state index contributed by atoms with van der Waals surface area (Å²) >= 11 is 0. The molecule has 3 N–H and O–H groups in total. The van der Waals surface area contributed by atoms with Gasteiger partial charge in [-0.2, -0.15) is 5.10 Å². The maximum absolute atomic E-state index is 8.76. The molecule has 0 radical (unpaired) electrons. The van der Waals surface area contributed by atoms with Crippen LogP contribution in [-0.4, -0.2) is 21.5 Å². The van der Waals surface area contributed by atoms with Gasteiger partial charge in [-0.25, -0.2) is 4.68 Å². The van der Waals surface area contributed by atoms with Crippen molar-refractivity contribution < 1.29 is 5.11 Å². The predicted molar refractivity (Wildman–Crippen MR) is 56.9 cm³/mol. The minimum Gasteiger partial charge on any atom is -0.394 e. The molecule has 1 aromatic heterocycles. The molecule has 4 heteroatoms. The van der Waals surface area contributed by atoms with Gasteiger partial charge in [-0.1, -0.05) is 13.8 Å². The maximum Gasteiger partial charge on any atom is 0.122 e. The minimum atomic E-state index is 0.0789. The van der Waals surface area contributed by atoms with Gasteiger partial charge >= 0.3 is 0 Å². The van der Waals surface area contributed by atoms with Crippen molar-refractivity contribution in [2.75, 3.05) is 12.3 Å². The van der Waals surface area contributed by atoms with E-state index >= 15 is 0 Å². The molecule has 1 heterocycles. The summed E-state index contributed by atoms with van der Waals surface area (Å²) in [6.07, 6.45) is 2.08. The quantitative estimate of drug-likeness (QED) is 0.741. The van der Waals surface area contributed by atoms with Gasteiger partial charge in [0.15, 0.2) is 0 Å². The molecule has 0 aliphatic heterocycles. The molecule has 0 aliphatic rings. The standard InChI is InChI=1S/C10H19N3O/c1-8(2)3-4-9-7-10(11)13(12-9)5-6-14/h7-8,14H,3-6,11H2,1-2H3. The number of aromatic nitrogens is 2. The lowest BCUT2D eigenvalue weighted by Gasteiger charge is -2.01. The van der Waals surface area contributed by atoms with E-state index in [4.69, 9.17) is 10.8 Å². The fourth-order valence-corrected chi connectivity index (χ4v) is 1.32. The molecule has 0 atom stereocenters. The van der Waals surface area contributed by atoms with E-state index in [1.165, 1.54) is 0 Å². The van der Waals surface area contributed by atoms with Crippen molar-refractivity contribution in [2.24, 2.45) is 5.92 Å². The van der Waals surface area contributed by atoms with Gasteiger partial charge in [-0.15, -0.1) is 0 Å². The molecular weight excluding hydrogens is 178 g/mol. The van der Waals surface area contributed by atoms with E-state index in [1.54, 1.807) is 4.68 Å². The molecule has 0 aromatic carbocycles. The number of hydrogen-bond donors (Lipinski definition) is 2. The Hall–Kier alpha value is -1.03. The van der Waals surface area contributed by atoms with Gasteiger partial charge in [-0.05, 0) is 18.8 Å². The predicted octanol–water partition coefficient (Wildman–Crippen LogP) is 1.05. The number of aliphatic hydroxyl groups is 1. The average molecular weight is 197 g/mol. The highest BCUT2D eigenvalue weighted by Crippen LogP contribution is 2.11. The van der Waals surface area contributed by atoms with E-state index in [1.807, 2.05) is 6.07 Å². The minimum absolute atomic E-state index is 0.0789. The van der Waals surface area contributed by atoms with Crippen molar-refractivity contribution in [3.63, 3.8) is 0 Å². The Balaban J connectivity index is 2.56. The van der Waals surface area contributed by atoms with Crippen LogP contribution in [0.4, 0.5) is 5.82 Å². The van der Waals surface area contributed by atoms with Crippen molar-refractivity contribution >= 4 is 5.82 Å². The fourth-order valence-electron chi connectivity index (χ4n) is 1.32. The second-order valence-corrected chi connectivity index (χ2v) is 3.94. The van der Waals surface area contributed by atoms with Crippen LogP contribution in [0.3, 0.4) is 0 Å². The van der Waals surface area contributed by atoms with Crippen molar-refractivity contribution in [3.05, 3.63) is 11.8 Å². The summed E-state index contributed by atoms with van der Waals surface area (Å²) in [5.41, 5.74) is 6.74. The Labute approximate surface area is 84.7 Å². The second kappa shape index (κ2) is 5.00. The summed E-state index contributed by atoms with van der Waals surface area (Å²) < 4.78 is 1.65. The smallest absolute Gasteiger partial charge is 0.122 e. The average Bonchev–Trinajstić information content (AvgIpc) is 2.45. The first-order chi connectivity index (χ1) is 6.63. The molecule has 0 saturated heterocycles. The van der Waals surface area contributed by atoms with E-state index in [-0.39, 0.29) is 6.61 Å². The first kappa shape index (κ1) is 11.0. The van der Waals surface area contributed by atoms with Gasteiger partial charge in [0, 0.05) is 6.07 Å². The Kier molecular flexibility index (Phi) is 3.95. The van der Waals surface area contributed by atoms with E-state index in [0.29, 0.717) is 18.3 Å². The molecule has 4 nitrogen and oxygen atoms in total. The summed E-state index contributed by atoms with van der Waals surface area (Å²) in [4.78, 5) is 0. The highest BCUT2D eigenvalue weighted by Gasteiger charge is 2.04. The SMILES string of the molecule is CC(C)CCc1cc(N)n(CCO)n1. The number of hydrogen-bond acceptors (Lipinski definition) is 3. The zero-order valence-electron chi connectivity index (χ0n) is 8.90. The summed E-state index contributed by atoms with van der Waals surface area (Å²) in [5.74, 6) is 1.32. The highest BCUT2D eigenvalue weighted by molar-refractivity contribution is 5.30. The summed E-state index contributed by atoms with van der Waals surface area (Å²) in [5, 5.41) is 13.1. The van der Waals surface area contributed by atoms with Crippen LogP contribution in [0.1, 0.15) is 26.0 Å². The van der Waals surface area contributed by atoms with Crippen LogP contribution in [0.2, 0.25) is 0 Å². The third-order valence-corrected chi connectivity index (χ3v) is 2.15. The number of rotatable bonds is 5. The van der Waals surface area contributed by atoms with Gasteiger partial charge in [0.25, 0.3) is 0 Å². The Morgan fingerprint density at radius 2 is 2.29 bits per heavy atom. The molecule has 0 bridgehead atoms. The van der Waals surface area contributed by atoms with E-state index in [9.17, 15) is 0 Å². The van der Waals surface area contributed by atoms with Crippen LogP contribution >= 0.6 is 0 Å². The molecule has 1 rings (SSSR count). The summed E-state index contributed by atoms with van der Waals surface area (Å²) in [7, 11) is 0. The van der Waals surface area contributed by atoms with Crippen molar-refractivity contribution in [2.45, 2.75) is 33.2 Å². The zero-order chi connectivity index (χ0) is 10.6. The Bertz CT molecular complexity index is 281. The van der Waals surface area contributed by atoms with Crippen molar-refractivity contribution in [1.29, 1.82) is 0 Å². The van der Waals surface area contributed by atoms with E-state index < -0.39 is 0 Å². The zero-order valence-corrected chi connectivity index (χ0v) is 8.90. The van der Waals surface area contributed by atoms with Crippen molar-refractivity contribution in [3.8, 4) is 0 Å². The van der Waals surface area contributed by atoms with Crippen molar-refractivity contribution in [1.82, 2.24) is 9.78 Å². The van der Waals surface area contributed by atoms with Crippen LogP contribution in [0.25, 0.3) is 0 Å². The van der Waals surface area contributed by atoms with Gasteiger partial charge in [0.05, 0.1) is 18.8 Å². The lowest BCUT2D eigenvalue weighted by atomic mass is 10.1. The molecule has 1 aromatic rings. The molecule has 80 valence electrons. The van der Waals surface area contributed by atoms with E-state index in [2.05, 4.69) is 18.9 Å². The van der Waals surface area contributed by atoms with Crippen LogP contribution in [0.15, 0.2) is 6.07 Å². The highest BCUT2D eigenvalue weighted by atomic mass is 16.3. The third kappa shape index (κ3) is 3.03. The number of anilines is 1. The summed E-state index contributed by atoms with van der Waals surface area (Å²) in [6.45, 7) is 4.94. The van der Waals surface area contributed by atoms with Gasteiger partial charge in [0.2, 0.25) is 0 Å². The monoisotopic (exact) mass is 197 g/mol. The normalized spacial score (nSPS) is 11.1. The van der Waals surface area contributed by atoms with Crippen LogP contribution in [0.5, 0.6) is 0 Å². The molecular formula is C10H19N3O. The maximum atomic E-state index is 8.76.